The van der Waals surface area contributed by atoms with Gasteiger partial charge >= 0.3 is 6.01 Å². The molecule has 4 heteroatoms. The van der Waals surface area contributed by atoms with Gasteiger partial charge in [-0.2, -0.15) is 0 Å². The van der Waals surface area contributed by atoms with Crippen LogP contribution in [0.5, 0.6) is 0 Å². The number of hydrogen-bond donors (Lipinski definition) is 1. The molecule has 0 aliphatic carbocycles. The summed E-state index contributed by atoms with van der Waals surface area (Å²) in [5.41, 5.74) is 7.85. The average Bonchev–Trinajstić information content (AvgIpc) is 2.64. The van der Waals surface area contributed by atoms with E-state index in [9.17, 15) is 0 Å². The molecule has 0 fully saturated rings. The van der Waals surface area contributed by atoms with Crippen LogP contribution in [0.2, 0.25) is 0 Å². The van der Waals surface area contributed by atoms with Crippen LogP contribution in [0.1, 0.15) is 17.0 Å². The molecule has 2 rings (SSSR count). The lowest BCUT2D eigenvalue weighted by molar-refractivity contribution is 0.509. The molecule has 1 aromatic heterocycles. The molecule has 0 saturated carbocycles. The summed E-state index contributed by atoms with van der Waals surface area (Å²) < 4.78 is 5.08. The maximum absolute atomic E-state index is 5.33. The van der Waals surface area contributed by atoms with Crippen molar-refractivity contribution >= 4 is 6.01 Å². The Labute approximate surface area is 88.1 Å². The summed E-state index contributed by atoms with van der Waals surface area (Å²) in [6.45, 7) is 2.07. The van der Waals surface area contributed by atoms with Gasteiger partial charge in [-0.1, -0.05) is 34.9 Å². The fourth-order valence-electron chi connectivity index (χ4n) is 1.37. The predicted molar refractivity (Wildman–Crippen MR) is 57.3 cm³/mol. The van der Waals surface area contributed by atoms with Gasteiger partial charge in [0.1, 0.15) is 0 Å². The molecule has 0 radical (unpaired) electrons. The monoisotopic (exact) mass is 203 g/mol. The van der Waals surface area contributed by atoms with E-state index in [1.165, 1.54) is 11.1 Å². The van der Waals surface area contributed by atoms with Gasteiger partial charge in [0, 0.05) is 6.42 Å². The molecule has 0 aliphatic heterocycles. The lowest BCUT2D eigenvalue weighted by Crippen LogP contribution is -1.91. The van der Waals surface area contributed by atoms with E-state index in [0.717, 1.165) is 12.8 Å². The first-order valence-electron chi connectivity index (χ1n) is 4.87. The summed E-state index contributed by atoms with van der Waals surface area (Å²) in [5.74, 6) is 0.591. The quantitative estimate of drug-likeness (QED) is 0.825. The molecule has 15 heavy (non-hydrogen) atoms. The molecule has 0 saturated heterocycles. The van der Waals surface area contributed by atoms with E-state index in [2.05, 4.69) is 41.4 Å². The van der Waals surface area contributed by atoms with Gasteiger partial charge in [-0.15, -0.1) is 5.10 Å². The SMILES string of the molecule is Cc1ccc(CCc2nnc(N)o2)cc1. The molecule has 0 bridgehead atoms. The van der Waals surface area contributed by atoms with E-state index in [-0.39, 0.29) is 6.01 Å². The lowest BCUT2D eigenvalue weighted by atomic mass is 10.1. The summed E-state index contributed by atoms with van der Waals surface area (Å²) in [6, 6.07) is 8.54. The Hall–Kier alpha value is -1.84. The van der Waals surface area contributed by atoms with E-state index in [1.54, 1.807) is 0 Å². The van der Waals surface area contributed by atoms with Crippen LogP contribution in [0.25, 0.3) is 0 Å². The zero-order chi connectivity index (χ0) is 10.7. The summed E-state index contributed by atoms with van der Waals surface area (Å²) in [4.78, 5) is 0. The van der Waals surface area contributed by atoms with Crippen molar-refractivity contribution in [2.75, 3.05) is 5.73 Å². The summed E-state index contributed by atoms with van der Waals surface area (Å²) in [5, 5.41) is 7.41. The van der Waals surface area contributed by atoms with Crippen LogP contribution in [0, 0.1) is 6.92 Å². The summed E-state index contributed by atoms with van der Waals surface area (Å²) in [6.07, 6.45) is 1.62. The Kier molecular flexibility index (Phi) is 2.67. The van der Waals surface area contributed by atoms with Crippen molar-refractivity contribution < 1.29 is 4.42 Å². The molecule has 0 aliphatic rings. The maximum Gasteiger partial charge on any atom is 0.312 e. The molecule has 2 N–H and O–H groups in total. The minimum absolute atomic E-state index is 0.133. The van der Waals surface area contributed by atoms with E-state index in [1.807, 2.05) is 0 Å². The summed E-state index contributed by atoms with van der Waals surface area (Å²) in [7, 11) is 0. The van der Waals surface area contributed by atoms with Crippen LogP contribution < -0.4 is 5.73 Å². The van der Waals surface area contributed by atoms with Crippen molar-refractivity contribution in [1.82, 2.24) is 10.2 Å². The van der Waals surface area contributed by atoms with Crippen molar-refractivity contribution in [1.29, 1.82) is 0 Å². The van der Waals surface area contributed by atoms with Gasteiger partial charge in [0.05, 0.1) is 0 Å². The van der Waals surface area contributed by atoms with Crippen molar-refractivity contribution in [3.8, 4) is 0 Å². The Balaban J connectivity index is 1.96. The van der Waals surface area contributed by atoms with Crippen LogP contribution >= 0.6 is 0 Å². The highest BCUT2D eigenvalue weighted by Crippen LogP contribution is 2.08. The van der Waals surface area contributed by atoms with Gasteiger partial charge in [-0.3, -0.25) is 0 Å². The number of rotatable bonds is 3. The van der Waals surface area contributed by atoms with Gasteiger partial charge in [0.15, 0.2) is 0 Å². The van der Waals surface area contributed by atoms with Gasteiger partial charge < -0.3 is 10.2 Å². The number of hydrogen-bond acceptors (Lipinski definition) is 4. The number of nitrogen functional groups attached to an aromatic ring is 1. The second-order valence-corrected chi connectivity index (χ2v) is 3.52. The van der Waals surface area contributed by atoms with E-state index >= 15 is 0 Å². The third kappa shape index (κ3) is 2.56. The third-order valence-electron chi connectivity index (χ3n) is 2.23. The highest BCUT2D eigenvalue weighted by Gasteiger charge is 2.02. The van der Waals surface area contributed by atoms with Crippen LogP contribution in [0.4, 0.5) is 6.01 Å². The number of nitrogens with zero attached hydrogens (tertiary/aromatic N) is 2. The molecule has 0 atom stereocenters. The molecular formula is C11H13N3O. The van der Waals surface area contributed by atoms with E-state index in [0.29, 0.717) is 5.89 Å². The minimum atomic E-state index is 0.133. The third-order valence-corrected chi connectivity index (χ3v) is 2.23. The number of anilines is 1. The second-order valence-electron chi connectivity index (χ2n) is 3.52. The topological polar surface area (TPSA) is 64.9 Å². The first kappa shape index (κ1) is 9.71. The molecule has 0 amide bonds. The molecule has 1 aromatic carbocycles. The van der Waals surface area contributed by atoms with Gasteiger partial charge in [-0.05, 0) is 18.9 Å². The number of nitrogens with two attached hydrogens (primary N) is 1. The van der Waals surface area contributed by atoms with Crippen molar-refractivity contribution in [2.45, 2.75) is 19.8 Å². The molecule has 78 valence electrons. The van der Waals surface area contributed by atoms with Gasteiger partial charge in [0.25, 0.3) is 0 Å². The first-order chi connectivity index (χ1) is 7.24. The van der Waals surface area contributed by atoms with Gasteiger partial charge in [0.2, 0.25) is 5.89 Å². The van der Waals surface area contributed by atoms with Crippen molar-refractivity contribution in [3.05, 3.63) is 41.3 Å². The predicted octanol–water partition coefficient (Wildman–Crippen LogP) is 1.75. The Morgan fingerprint density at radius 3 is 2.47 bits per heavy atom. The Morgan fingerprint density at radius 2 is 1.87 bits per heavy atom. The fraction of sp³-hybridized carbons (Fsp3) is 0.273. The highest BCUT2D eigenvalue weighted by atomic mass is 16.4. The maximum atomic E-state index is 5.33. The van der Waals surface area contributed by atoms with Crippen LogP contribution in [-0.2, 0) is 12.8 Å². The number of aryl methyl sites for hydroxylation is 3. The Bertz CT molecular complexity index is 433. The standard InChI is InChI=1S/C11H13N3O/c1-8-2-4-9(5-3-8)6-7-10-13-14-11(12)15-10/h2-5H,6-7H2,1H3,(H2,12,14). The normalized spacial score (nSPS) is 10.5. The largest absolute Gasteiger partial charge is 0.408 e. The van der Waals surface area contributed by atoms with E-state index < -0.39 is 0 Å². The number of benzene rings is 1. The average molecular weight is 203 g/mol. The molecular weight excluding hydrogens is 190 g/mol. The van der Waals surface area contributed by atoms with Crippen molar-refractivity contribution in [2.24, 2.45) is 0 Å². The molecule has 1 heterocycles. The first-order valence-corrected chi connectivity index (χ1v) is 4.87. The van der Waals surface area contributed by atoms with Crippen LogP contribution in [-0.4, -0.2) is 10.2 Å². The minimum Gasteiger partial charge on any atom is -0.408 e. The second kappa shape index (κ2) is 4.13. The molecule has 2 aromatic rings. The molecule has 4 nitrogen and oxygen atoms in total. The summed E-state index contributed by atoms with van der Waals surface area (Å²) >= 11 is 0. The van der Waals surface area contributed by atoms with Gasteiger partial charge in [-0.25, -0.2) is 0 Å². The fourth-order valence-corrected chi connectivity index (χ4v) is 1.37. The number of aromatic nitrogens is 2. The zero-order valence-corrected chi connectivity index (χ0v) is 8.60. The Morgan fingerprint density at radius 1 is 1.13 bits per heavy atom. The van der Waals surface area contributed by atoms with Crippen molar-refractivity contribution in [3.63, 3.8) is 0 Å². The van der Waals surface area contributed by atoms with Crippen LogP contribution in [0.3, 0.4) is 0 Å². The molecule has 0 unspecified atom stereocenters. The van der Waals surface area contributed by atoms with Crippen LogP contribution in [0.15, 0.2) is 28.7 Å². The molecule has 0 spiro atoms. The lowest BCUT2D eigenvalue weighted by Gasteiger charge is -1.98. The highest BCUT2D eigenvalue weighted by molar-refractivity contribution is 5.21. The smallest absolute Gasteiger partial charge is 0.312 e. The zero-order valence-electron chi connectivity index (χ0n) is 8.60. The van der Waals surface area contributed by atoms with E-state index in [4.69, 9.17) is 10.2 Å².